The number of primary amides is 1. The van der Waals surface area contributed by atoms with Gasteiger partial charge in [0.1, 0.15) is 5.58 Å². The third kappa shape index (κ3) is 3.12. The number of carbonyl (C=O) groups is 2. The zero-order valence-corrected chi connectivity index (χ0v) is 14.1. The molecule has 1 aromatic heterocycles. The maximum Gasteiger partial charge on any atom is 0.289 e. The number of aliphatic hydroxyl groups is 1. The minimum absolute atomic E-state index is 0.0615. The Bertz CT molecular complexity index is 816. The van der Waals surface area contributed by atoms with Crippen LogP contribution in [-0.2, 0) is 4.79 Å². The molecule has 24 heavy (non-hydrogen) atoms. The summed E-state index contributed by atoms with van der Waals surface area (Å²) >= 11 is 6.00. The van der Waals surface area contributed by atoms with Gasteiger partial charge in [0.2, 0.25) is 5.91 Å². The highest BCUT2D eigenvalue weighted by molar-refractivity contribution is 6.31. The number of aryl methyl sites for hydroxylation is 1. The fraction of sp³-hybridized carbons (Fsp3) is 0.412. The number of piperidine rings is 1. The predicted octanol–water partition coefficient (Wildman–Crippen LogP) is 2.24. The van der Waals surface area contributed by atoms with Crippen molar-refractivity contribution in [3.05, 3.63) is 34.5 Å². The number of halogens is 1. The van der Waals surface area contributed by atoms with Crippen molar-refractivity contribution in [2.45, 2.75) is 31.8 Å². The second-order valence-corrected chi connectivity index (χ2v) is 6.83. The van der Waals surface area contributed by atoms with Gasteiger partial charge in [-0.25, -0.2) is 0 Å². The lowest BCUT2D eigenvalue weighted by atomic mass is 9.89. The van der Waals surface area contributed by atoms with Crippen LogP contribution in [0.4, 0.5) is 0 Å². The van der Waals surface area contributed by atoms with Crippen LogP contribution in [0.25, 0.3) is 11.0 Å². The molecular weight excluding hydrogens is 332 g/mol. The Labute approximate surface area is 144 Å². The van der Waals surface area contributed by atoms with Gasteiger partial charge in [0, 0.05) is 22.5 Å². The highest BCUT2D eigenvalue weighted by atomic mass is 35.5. The molecule has 0 saturated carbocycles. The van der Waals surface area contributed by atoms with E-state index in [1.807, 2.05) is 0 Å². The van der Waals surface area contributed by atoms with Crippen LogP contribution in [0.3, 0.4) is 0 Å². The second-order valence-electron chi connectivity index (χ2n) is 6.39. The number of fused-ring (bicyclic) bond motifs is 1. The fourth-order valence-corrected chi connectivity index (χ4v) is 3.47. The first-order chi connectivity index (χ1) is 11.3. The van der Waals surface area contributed by atoms with Gasteiger partial charge in [-0.3, -0.25) is 9.59 Å². The Balaban J connectivity index is 1.89. The SMILES string of the molecule is Cc1c(C(=O)N2CCCC(O)(CC(N)=O)C2)oc2ccc(Cl)cc12. The summed E-state index contributed by atoms with van der Waals surface area (Å²) in [6, 6.07) is 5.18. The topological polar surface area (TPSA) is 96.8 Å². The van der Waals surface area contributed by atoms with Crippen LogP contribution >= 0.6 is 11.6 Å². The van der Waals surface area contributed by atoms with Gasteiger partial charge in [0.05, 0.1) is 18.6 Å². The van der Waals surface area contributed by atoms with Gasteiger partial charge in [-0.15, -0.1) is 0 Å². The van der Waals surface area contributed by atoms with Gasteiger partial charge in [0.15, 0.2) is 5.76 Å². The van der Waals surface area contributed by atoms with Gasteiger partial charge < -0.3 is 20.2 Å². The molecule has 0 aliphatic carbocycles. The Hall–Kier alpha value is -2.05. The Morgan fingerprint density at radius 3 is 2.92 bits per heavy atom. The summed E-state index contributed by atoms with van der Waals surface area (Å²) in [5.74, 6) is -0.653. The molecule has 1 aromatic carbocycles. The molecule has 3 rings (SSSR count). The lowest BCUT2D eigenvalue weighted by molar-refractivity contribution is -0.125. The van der Waals surface area contributed by atoms with Crippen molar-refractivity contribution >= 4 is 34.4 Å². The van der Waals surface area contributed by atoms with Crippen molar-refractivity contribution in [2.75, 3.05) is 13.1 Å². The van der Waals surface area contributed by atoms with Crippen LogP contribution in [0.2, 0.25) is 5.02 Å². The molecular formula is C17H19ClN2O4. The van der Waals surface area contributed by atoms with E-state index in [9.17, 15) is 14.7 Å². The normalized spacial score (nSPS) is 21.2. The summed E-state index contributed by atoms with van der Waals surface area (Å²) < 4.78 is 5.69. The molecule has 2 heterocycles. The van der Waals surface area contributed by atoms with Crippen LogP contribution in [0.15, 0.2) is 22.6 Å². The molecule has 7 heteroatoms. The molecule has 2 amide bonds. The number of carbonyl (C=O) groups excluding carboxylic acids is 2. The number of β-amino-alcohol motifs (C(OH)–C–C–N with tert-alkyl or cyclic N) is 1. The van der Waals surface area contributed by atoms with Gasteiger partial charge in [-0.1, -0.05) is 11.6 Å². The molecule has 1 aliphatic rings. The molecule has 1 atom stereocenters. The Morgan fingerprint density at radius 2 is 2.21 bits per heavy atom. The van der Waals surface area contributed by atoms with Crippen molar-refractivity contribution in [1.29, 1.82) is 0 Å². The molecule has 0 spiro atoms. The molecule has 1 saturated heterocycles. The van der Waals surface area contributed by atoms with Crippen molar-refractivity contribution in [3.63, 3.8) is 0 Å². The minimum Gasteiger partial charge on any atom is -0.451 e. The number of furan rings is 1. The molecule has 128 valence electrons. The third-order valence-electron chi connectivity index (χ3n) is 4.44. The van der Waals surface area contributed by atoms with Crippen molar-refractivity contribution < 1.29 is 19.1 Å². The van der Waals surface area contributed by atoms with Crippen molar-refractivity contribution in [1.82, 2.24) is 4.90 Å². The van der Waals surface area contributed by atoms with E-state index in [1.165, 1.54) is 4.90 Å². The number of hydrogen-bond donors (Lipinski definition) is 2. The van der Waals surface area contributed by atoms with Crippen LogP contribution in [0.1, 0.15) is 35.4 Å². The van der Waals surface area contributed by atoms with E-state index in [1.54, 1.807) is 25.1 Å². The number of hydrogen-bond acceptors (Lipinski definition) is 4. The zero-order chi connectivity index (χ0) is 17.5. The first-order valence-electron chi connectivity index (χ1n) is 7.78. The molecule has 2 aromatic rings. The summed E-state index contributed by atoms with van der Waals surface area (Å²) in [6.45, 7) is 2.36. The van der Waals surface area contributed by atoms with Crippen LogP contribution in [0.5, 0.6) is 0 Å². The van der Waals surface area contributed by atoms with E-state index in [4.69, 9.17) is 21.8 Å². The van der Waals surface area contributed by atoms with E-state index < -0.39 is 11.5 Å². The smallest absolute Gasteiger partial charge is 0.289 e. The van der Waals surface area contributed by atoms with Crippen molar-refractivity contribution in [3.8, 4) is 0 Å². The highest BCUT2D eigenvalue weighted by Crippen LogP contribution is 2.31. The van der Waals surface area contributed by atoms with Crippen LogP contribution in [0, 0.1) is 6.92 Å². The molecule has 3 N–H and O–H groups in total. The summed E-state index contributed by atoms with van der Waals surface area (Å²) in [7, 11) is 0. The largest absolute Gasteiger partial charge is 0.451 e. The monoisotopic (exact) mass is 350 g/mol. The predicted molar refractivity (Wildman–Crippen MR) is 89.9 cm³/mol. The minimum atomic E-state index is -1.27. The summed E-state index contributed by atoms with van der Waals surface area (Å²) in [4.78, 5) is 25.5. The van der Waals surface area contributed by atoms with E-state index >= 15 is 0 Å². The molecule has 0 bridgehead atoms. The standard InChI is InChI=1S/C17H19ClN2O4/c1-10-12-7-11(18)3-4-13(12)24-15(10)16(22)20-6-2-5-17(23,9-20)8-14(19)21/h3-4,7,23H,2,5-6,8-9H2,1H3,(H2,19,21). The number of nitrogens with two attached hydrogens (primary N) is 1. The average molecular weight is 351 g/mol. The molecule has 0 radical (unpaired) electrons. The summed E-state index contributed by atoms with van der Waals surface area (Å²) in [5, 5.41) is 11.9. The Kier molecular flexibility index (Phi) is 4.27. The molecule has 1 fully saturated rings. The van der Waals surface area contributed by atoms with E-state index in [0.29, 0.717) is 35.6 Å². The van der Waals surface area contributed by atoms with Gasteiger partial charge in [-0.2, -0.15) is 0 Å². The Morgan fingerprint density at radius 1 is 1.46 bits per heavy atom. The molecule has 1 unspecified atom stereocenters. The van der Waals surface area contributed by atoms with Gasteiger partial charge in [0.25, 0.3) is 5.91 Å². The number of likely N-dealkylation sites (tertiary alicyclic amines) is 1. The highest BCUT2D eigenvalue weighted by Gasteiger charge is 2.38. The summed E-state index contributed by atoms with van der Waals surface area (Å²) in [6.07, 6.45) is 0.876. The summed E-state index contributed by atoms with van der Waals surface area (Å²) in [5.41, 5.74) is 5.22. The maximum absolute atomic E-state index is 12.8. The molecule has 1 aliphatic heterocycles. The number of nitrogens with zero attached hydrogens (tertiary/aromatic N) is 1. The second kappa shape index (κ2) is 6.11. The first kappa shape index (κ1) is 16.8. The zero-order valence-electron chi connectivity index (χ0n) is 13.3. The number of amides is 2. The number of benzene rings is 1. The first-order valence-corrected chi connectivity index (χ1v) is 8.15. The third-order valence-corrected chi connectivity index (χ3v) is 4.67. The average Bonchev–Trinajstić information content (AvgIpc) is 2.82. The van der Waals surface area contributed by atoms with Crippen molar-refractivity contribution in [2.24, 2.45) is 5.73 Å². The molecule has 6 nitrogen and oxygen atoms in total. The van der Waals surface area contributed by atoms with Gasteiger partial charge in [-0.05, 0) is 38.0 Å². The quantitative estimate of drug-likeness (QED) is 0.887. The lowest BCUT2D eigenvalue weighted by Gasteiger charge is -2.38. The van der Waals surface area contributed by atoms with Crippen LogP contribution < -0.4 is 5.73 Å². The van der Waals surface area contributed by atoms with E-state index in [0.717, 1.165) is 5.39 Å². The van der Waals surface area contributed by atoms with E-state index in [-0.39, 0.29) is 24.6 Å². The maximum atomic E-state index is 12.8. The lowest BCUT2D eigenvalue weighted by Crippen LogP contribution is -2.51. The number of rotatable bonds is 3. The van der Waals surface area contributed by atoms with E-state index in [2.05, 4.69) is 0 Å². The fourth-order valence-electron chi connectivity index (χ4n) is 3.30. The van der Waals surface area contributed by atoms with Gasteiger partial charge >= 0.3 is 0 Å². The van der Waals surface area contributed by atoms with Crippen LogP contribution in [-0.4, -0.2) is 40.5 Å².